The fraction of sp³-hybridized carbons (Fsp3) is 0.625. The number of nitrogens with one attached hydrogen (secondary N) is 1. The zero-order valence-electron chi connectivity index (χ0n) is 12.9. The van der Waals surface area contributed by atoms with Crippen LogP contribution in [0.1, 0.15) is 25.0 Å². The SMILES string of the molecule is CN(C)CC(C)(C)CNCc1cc(Br)cc2c1OCC2. The molecule has 0 atom stereocenters. The van der Waals surface area contributed by atoms with Crippen molar-refractivity contribution < 1.29 is 4.74 Å². The number of benzene rings is 1. The van der Waals surface area contributed by atoms with Crippen molar-refractivity contribution in [3.05, 3.63) is 27.7 Å². The van der Waals surface area contributed by atoms with Crippen molar-refractivity contribution in [3.8, 4) is 5.75 Å². The minimum atomic E-state index is 0.263. The molecule has 1 aliphatic heterocycles. The molecular weight excluding hydrogens is 316 g/mol. The molecule has 1 aliphatic rings. The van der Waals surface area contributed by atoms with Crippen molar-refractivity contribution in [1.29, 1.82) is 0 Å². The highest BCUT2D eigenvalue weighted by Crippen LogP contribution is 2.33. The van der Waals surface area contributed by atoms with Crippen molar-refractivity contribution in [3.63, 3.8) is 0 Å². The summed E-state index contributed by atoms with van der Waals surface area (Å²) in [7, 11) is 4.24. The molecule has 1 heterocycles. The third kappa shape index (κ3) is 4.21. The molecular formula is C16H25BrN2O. The zero-order chi connectivity index (χ0) is 14.8. The second kappa shape index (κ2) is 6.46. The Kier molecular flexibility index (Phi) is 5.10. The number of nitrogens with zero attached hydrogens (tertiary/aromatic N) is 1. The van der Waals surface area contributed by atoms with Gasteiger partial charge in [0.2, 0.25) is 0 Å². The van der Waals surface area contributed by atoms with Crippen LogP contribution in [0.4, 0.5) is 0 Å². The van der Waals surface area contributed by atoms with Gasteiger partial charge in [0.15, 0.2) is 0 Å². The molecule has 0 radical (unpaired) electrons. The molecule has 0 spiro atoms. The monoisotopic (exact) mass is 340 g/mol. The lowest BCUT2D eigenvalue weighted by Crippen LogP contribution is -2.37. The molecule has 0 unspecified atom stereocenters. The van der Waals surface area contributed by atoms with Crippen molar-refractivity contribution in [2.75, 3.05) is 33.8 Å². The van der Waals surface area contributed by atoms with Crippen LogP contribution in [0.25, 0.3) is 0 Å². The Hall–Kier alpha value is -0.580. The molecule has 4 heteroatoms. The van der Waals surface area contributed by atoms with Gasteiger partial charge in [0.1, 0.15) is 5.75 Å². The average Bonchev–Trinajstić information content (AvgIpc) is 2.74. The Morgan fingerprint density at radius 1 is 1.35 bits per heavy atom. The van der Waals surface area contributed by atoms with Crippen molar-refractivity contribution >= 4 is 15.9 Å². The molecule has 3 nitrogen and oxygen atoms in total. The number of fused-ring (bicyclic) bond motifs is 1. The summed E-state index contributed by atoms with van der Waals surface area (Å²) < 4.78 is 6.91. The fourth-order valence-electron chi connectivity index (χ4n) is 2.92. The van der Waals surface area contributed by atoms with E-state index >= 15 is 0 Å². The molecule has 20 heavy (non-hydrogen) atoms. The van der Waals surface area contributed by atoms with Crippen LogP contribution in [-0.2, 0) is 13.0 Å². The summed E-state index contributed by atoms with van der Waals surface area (Å²) in [4.78, 5) is 2.24. The number of halogens is 1. The van der Waals surface area contributed by atoms with Crippen LogP contribution >= 0.6 is 15.9 Å². The Labute approximate surface area is 130 Å². The second-order valence-electron chi connectivity index (χ2n) is 6.66. The predicted octanol–water partition coefficient (Wildman–Crippen LogP) is 3.06. The number of hydrogen-bond donors (Lipinski definition) is 1. The van der Waals surface area contributed by atoms with E-state index in [0.29, 0.717) is 0 Å². The van der Waals surface area contributed by atoms with Gasteiger partial charge >= 0.3 is 0 Å². The summed E-state index contributed by atoms with van der Waals surface area (Å²) in [6.07, 6.45) is 1.02. The largest absolute Gasteiger partial charge is 0.493 e. The van der Waals surface area contributed by atoms with Crippen LogP contribution in [0.5, 0.6) is 5.75 Å². The van der Waals surface area contributed by atoms with Gasteiger partial charge in [0.05, 0.1) is 6.61 Å². The molecule has 0 bridgehead atoms. The van der Waals surface area contributed by atoms with Crippen LogP contribution < -0.4 is 10.1 Å². The van der Waals surface area contributed by atoms with Crippen molar-refractivity contribution in [2.24, 2.45) is 5.41 Å². The standard InChI is InChI=1S/C16H25BrN2O/c1-16(2,11-19(3)4)10-18-9-13-8-14(17)7-12-5-6-20-15(12)13/h7-8,18H,5-6,9-11H2,1-4H3. The maximum absolute atomic E-state index is 5.76. The lowest BCUT2D eigenvalue weighted by Gasteiger charge is -2.28. The van der Waals surface area contributed by atoms with E-state index in [4.69, 9.17) is 4.74 Å². The number of ether oxygens (including phenoxy) is 1. The summed E-state index contributed by atoms with van der Waals surface area (Å²) in [5.41, 5.74) is 2.84. The molecule has 2 rings (SSSR count). The Morgan fingerprint density at radius 3 is 2.80 bits per heavy atom. The molecule has 1 N–H and O–H groups in total. The first-order valence-corrected chi connectivity index (χ1v) is 7.96. The lowest BCUT2D eigenvalue weighted by molar-refractivity contribution is 0.232. The van der Waals surface area contributed by atoms with Gasteiger partial charge in [-0.2, -0.15) is 0 Å². The van der Waals surface area contributed by atoms with E-state index in [2.05, 4.69) is 66.2 Å². The van der Waals surface area contributed by atoms with Crippen molar-refractivity contribution in [2.45, 2.75) is 26.8 Å². The van der Waals surface area contributed by atoms with E-state index in [0.717, 1.165) is 42.9 Å². The first-order valence-electron chi connectivity index (χ1n) is 7.17. The molecule has 0 saturated carbocycles. The highest BCUT2D eigenvalue weighted by atomic mass is 79.9. The van der Waals surface area contributed by atoms with Crippen LogP contribution in [0.15, 0.2) is 16.6 Å². The maximum atomic E-state index is 5.76. The van der Waals surface area contributed by atoms with E-state index in [1.54, 1.807) is 0 Å². The van der Waals surface area contributed by atoms with E-state index < -0.39 is 0 Å². The highest BCUT2D eigenvalue weighted by Gasteiger charge is 2.20. The van der Waals surface area contributed by atoms with Crippen LogP contribution in [0, 0.1) is 5.41 Å². The van der Waals surface area contributed by atoms with Gasteiger partial charge in [-0.25, -0.2) is 0 Å². The van der Waals surface area contributed by atoms with E-state index in [1.807, 2.05) is 0 Å². The van der Waals surface area contributed by atoms with Gasteiger partial charge in [0.25, 0.3) is 0 Å². The normalized spacial score (nSPS) is 14.5. The molecule has 0 amide bonds. The Morgan fingerprint density at radius 2 is 2.10 bits per heavy atom. The number of hydrogen-bond acceptors (Lipinski definition) is 3. The van der Waals surface area contributed by atoms with Crippen LogP contribution in [0.3, 0.4) is 0 Å². The first kappa shape index (κ1) is 15.8. The topological polar surface area (TPSA) is 24.5 Å². The average molecular weight is 341 g/mol. The molecule has 0 fully saturated rings. The van der Waals surface area contributed by atoms with Gasteiger partial charge in [0, 0.05) is 36.1 Å². The maximum Gasteiger partial charge on any atom is 0.127 e. The minimum absolute atomic E-state index is 0.263. The Bertz CT molecular complexity index is 472. The van der Waals surface area contributed by atoms with Gasteiger partial charge in [-0.1, -0.05) is 29.8 Å². The van der Waals surface area contributed by atoms with E-state index in [-0.39, 0.29) is 5.41 Å². The van der Waals surface area contributed by atoms with E-state index in [9.17, 15) is 0 Å². The molecule has 112 valence electrons. The Balaban J connectivity index is 1.95. The van der Waals surface area contributed by atoms with Crippen LogP contribution in [-0.4, -0.2) is 38.7 Å². The van der Waals surface area contributed by atoms with Crippen molar-refractivity contribution in [1.82, 2.24) is 10.2 Å². The van der Waals surface area contributed by atoms with E-state index in [1.165, 1.54) is 11.1 Å². The van der Waals surface area contributed by atoms with Gasteiger partial charge < -0.3 is 15.0 Å². The summed E-state index contributed by atoms with van der Waals surface area (Å²) in [6, 6.07) is 4.33. The van der Waals surface area contributed by atoms with Crippen LogP contribution in [0.2, 0.25) is 0 Å². The third-order valence-electron chi connectivity index (χ3n) is 3.49. The first-order chi connectivity index (χ1) is 9.37. The minimum Gasteiger partial charge on any atom is -0.493 e. The van der Waals surface area contributed by atoms with Gasteiger partial charge in [-0.15, -0.1) is 0 Å². The number of rotatable bonds is 6. The molecule has 0 aromatic heterocycles. The van der Waals surface area contributed by atoms with Gasteiger partial charge in [-0.3, -0.25) is 0 Å². The summed E-state index contributed by atoms with van der Waals surface area (Å²) >= 11 is 3.59. The summed E-state index contributed by atoms with van der Waals surface area (Å²) in [6.45, 7) is 8.33. The zero-order valence-corrected chi connectivity index (χ0v) is 14.5. The lowest BCUT2D eigenvalue weighted by atomic mass is 9.93. The summed E-state index contributed by atoms with van der Waals surface area (Å²) in [5.74, 6) is 1.09. The molecule has 1 aromatic carbocycles. The highest BCUT2D eigenvalue weighted by molar-refractivity contribution is 9.10. The smallest absolute Gasteiger partial charge is 0.127 e. The quantitative estimate of drug-likeness (QED) is 0.861. The molecule has 0 saturated heterocycles. The van der Waals surface area contributed by atoms with Gasteiger partial charge in [-0.05, 0) is 37.2 Å². The fourth-order valence-corrected chi connectivity index (χ4v) is 3.48. The second-order valence-corrected chi connectivity index (χ2v) is 7.57. The predicted molar refractivity (Wildman–Crippen MR) is 87.4 cm³/mol. The summed E-state index contributed by atoms with van der Waals surface area (Å²) in [5, 5.41) is 3.58. The third-order valence-corrected chi connectivity index (χ3v) is 3.95. The molecule has 0 aliphatic carbocycles. The molecule has 1 aromatic rings.